The highest BCUT2D eigenvalue weighted by molar-refractivity contribution is 9.11. The quantitative estimate of drug-likeness (QED) is 0.780. The summed E-state index contributed by atoms with van der Waals surface area (Å²) in [5.74, 6) is 1.45. The predicted octanol–water partition coefficient (Wildman–Crippen LogP) is 4.16. The summed E-state index contributed by atoms with van der Waals surface area (Å²) >= 11 is 5.19. The average Bonchev–Trinajstić information content (AvgIpc) is 2.94. The van der Waals surface area contributed by atoms with Gasteiger partial charge in [-0.05, 0) is 47.5 Å². The molecular formula is C13H12BrN3OS. The highest BCUT2D eigenvalue weighted by Gasteiger charge is 2.11. The fraction of sp³-hybridized carbons (Fsp3) is 0.231. The van der Waals surface area contributed by atoms with Crippen LogP contribution in [0.5, 0.6) is 5.88 Å². The van der Waals surface area contributed by atoms with Crippen molar-refractivity contribution in [2.75, 3.05) is 6.61 Å². The van der Waals surface area contributed by atoms with Crippen LogP contribution in [0.3, 0.4) is 0 Å². The van der Waals surface area contributed by atoms with Gasteiger partial charge in [0.25, 0.3) is 0 Å². The van der Waals surface area contributed by atoms with Crippen molar-refractivity contribution < 1.29 is 4.74 Å². The molecular weight excluding hydrogens is 326 g/mol. The molecule has 3 heterocycles. The Bertz CT molecular complexity index is 715. The number of hydrogen-bond acceptors (Lipinski definition) is 4. The van der Waals surface area contributed by atoms with Gasteiger partial charge in [0, 0.05) is 6.07 Å². The van der Waals surface area contributed by atoms with Crippen molar-refractivity contribution in [3.63, 3.8) is 0 Å². The molecule has 1 N–H and O–H groups in total. The zero-order chi connectivity index (χ0) is 13.4. The summed E-state index contributed by atoms with van der Waals surface area (Å²) < 4.78 is 6.51. The first kappa shape index (κ1) is 12.6. The molecule has 0 unspecified atom stereocenters. The third-order valence-electron chi connectivity index (χ3n) is 2.70. The van der Waals surface area contributed by atoms with Crippen LogP contribution in [0.2, 0.25) is 0 Å². The number of aryl methyl sites for hydroxylation is 1. The van der Waals surface area contributed by atoms with Gasteiger partial charge in [0.2, 0.25) is 5.88 Å². The number of thiophene rings is 1. The number of imidazole rings is 1. The number of fused-ring (bicyclic) bond motifs is 1. The number of rotatable bonds is 3. The van der Waals surface area contributed by atoms with Crippen LogP contribution in [0.25, 0.3) is 21.9 Å². The van der Waals surface area contributed by atoms with Crippen molar-refractivity contribution in [2.45, 2.75) is 13.8 Å². The van der Waals surface area contributed by atoms with E-state index in [1.54, 1.807) is 11.3 Å². The van der Waals surface area contributed by atoms with Crippen LogP contribution in [0.4, 0.5) is 0 Å². The van der Waals surface area contributed by atoms with Gasteiger partial charge in [-0.2, -0.15) is 4.98 Å². The number of aromatic nitrogens is 3. The van der Waals surface area contributed by atoms with E-state index in [4.69, 9.17) is 4.74 Å². The van der Waals surface area contributed by atoms with Crippen molar-refractivity contribution >= 4 is 38.4 Å². The molecule has 0 spiro atoms. The van der Waals surface area contributed by atoms with Crippen LogP contribution < -0.4 is 4.74 Å². The van der Waals surface area contributed by atoms with Crippen molar-refractivity contribution in [3.05, 3.63) is 27.5 Å². The first-order chi connectivity index (χ1) is 9.17. The summed E-state index contributed by atoms with van der Waals surface area (Å²) in [6, 6.07) is 5.90. The molecule has 0 fully saturated rings. The maximum Gasteiger partial charge on any atom is 0.215 e. The molecule has 3 aromatic heterocycles. The summed E-state index contributed by atoms with van der Waals surface area (Å²) in [5.41, 5.74) is 2.81. The molecule has 19 heavy (non-hydrogen) atoms. The maximum absolute atomic E-state index is 5.38. The normalized spacial score (nSPS) is 11.1. The third-order valence-corrected chi connectivity index (χ3v) is 4.85. The van der Waals surface area contributed by atoms with Crippen molar-refractivity contribution in [2.24, 2.45) is 0 Å². The summed E-state index contributed by atoms with van der Waals surface area (Å²) in [5, 5.41) is 0. The van der Waals surface area contributed by atoms with E-state index in [1.165, 1.54) is 5.56 Å². The van der Waals surface area contributed by atoms with Crippen LogP contribution >= 0.6 is 27.3 Å². The van der Waals surface area contributed by atoms with Gasteiger partial charge in [0.15, 0.2) is 11.5 Å². The molecule has 0 aliphatic heterocycles. The van der Waals surface area contributed by atoms with Crippen molar-refractivity contribution in [3.8, 4) is 16.6 Å². The van der Waals surface area contributed by atoms with Crippen LogP contribution in [-0.4, -0.2) is 21.6 Å². The second kappa shape index (κ2) is 4.94. The summed E-state index contributed by atoms with van der Waals surface area (Å²) in [6.07, 6.45) is 0. The molecule has 3 rings (SSSR count). The van der Waals surface area contributed by atoms with E-state index in [-0.39, 0.29) is 0 Å². The number of nitrogens with one attached hydrogen (secondary N) is 1. The van der Waals surface area contributed by atoms with E-state index >= 15 is 0 Å². The lowest BCUT2D eigenvalue weighted by atomic mass is 10.3. The van der Waals surface area contributed by atoms with E-state index in [9.17, 15) is 0 Å². The van der Waals surface area contributed by atoms with Gasteiger partial charge in [0.05, 0.1) is 20.8 Å². The predicted molar refractivity (Wildman–Crippen MR) is 80.8 cm³/mol. The Balaban J connectivity index is 2.05. The first-order valence-corrected chi connectivity index (χ1v) is 7.54. The average molecular weight is 338 g/mol. The van der Waals surface area contributed by atoms with Crippen LogP contribution in [-0.2, 0) is 0 Å². The van der Waals surface area contributed by atoms with Gasteiger partial charge in [-0.15, -0.1) is 11.3 Å². The molecule has 4 nitrogen and oxygen atoms in total. The Labute approximate surface area is 123 Å². The number of H-pyrrole nitrogens is 1. The standard InChI is InChI=1S/C13H12BrN3OS/c1-3-18-10-5-4-8-12(16-10)17-13(15-8)9-6-7(2)11(14)19-9/h4-6H,3H2,1-2H3,(H,15,16,17). The fourth-order valence-electron chi connectivity index (χ4n) is 1.80. The number of hydrogen-bond donors (Lipinski definition) is 1. The summed E-state index contributed by atoms with van der Waals surface area (Å²) in [6.45, 7) is 4.61. The SMILES string of the molecule is CCOc1ccc2[nH]c(-c3cc(C)c(Br)s3)nc2n1. The first-order valence-electron chi connectivity index (χ1n) is 5.93. The van der Waals surface area contributed by atoms with Gasteiger partial charge in [0.1, 0.15) is 0 Å². The number of ether oxygens (including phenoxy) is 1. The minimum atomic E-state index is 0.604. The number of aromatic amines is 1. The molecule has 0 atom stereocenters. The number of halogens is 1. The number of pyridine rings is 1. The van der Waals surface area contributed by atoms with Gasteiger partial charge in [-0.1, -0.05) is 0 Å². The zero-order valence-electron chi connectivity index (χ0n) is 10.5. The second-order valence-electron chi connectivity index (χ2n) is 4.11. The molecule has 0 bridgehead atoms. The monoisotopic (exact) mass is 337 g/mol. The Hall–Kier alpha value is -1.40. The van der Waals surface area contributed by atoms with Gasteiger partial charge < -0.3 is 9.72 Å². The molecule has 0 saturated heterocycles. The Morgan fingerprint density at radius 2 is 2.21 bits per heavy atom. The summed E-state index contributed by atoms with van der Waals surface area (Å²) in [4.78, 5) is 13.3. The Morgan fingerprint density at radius 3 is 2.89 bits per heavy atom. The molecule has 0 amide bonds. The van der Waals surface area contributed by atoms with Crippen molar-refractivity contribution in [1.29, 1.82) is 0 Å². The third kappa shape index (κ3) is 2.37. The lowest BCUT2D eigenvalue weighted by molar-refractivity contribution is 0.328. The molecule has 0 aliphatic rings. The van der Waals surface area contributed by atoms with Gasteiger partial charge >= 0.3 is 0 Å². The molecule has 0 aliphatic carbocycles. The highest BCUT2D eigenvalue weighted by atomic mass is 79.9. The molecule has 98 valence electrons. The Morgan fingerprint density at radius 1 is 1.37 bits per heavy atom. The van der Waals surface area contributed by atoms with Crippen LogP contribution in [0.15, 0.2) is 22.0 Å². The van der Waals surface area contributed by atoms with E-state index in [2.05, 4.69) is 43.9 Å². The lowest BCUT2D eigenvalue weighted by Crippen LogP contribution is -1.93. The maximum atomic E-state index is 5.38. The Kier molecular flexibility index (Phi) is 3.28. The van der Waals surface area contributed by atoms with Crippen molar-refractivity contribution in [1.82, 2.24) is 15.0 Å². The fourth-order valence-corrected chi connectivity index (χ4v) is 3.28. The second-order valence-corrected chi connectivity index (χ2v) is 6.48. The lowest BCUT2D eigenvalue weighted by Gasteiger charge is -1.99. The van der Waals surface area contributed by atoms with E-state index < -0.39 is 0 Å². The number of nitrogens with zero attached hydrogens (tertiary/aromatic N) is 2. The van der Waals surface area contributed by atoms with E-state index in [1.807, 2.05) is 19.1 Å². The van der Waals surface area contributed by atoms with E-state index in [0.717, 1.165) is 20.0 Å². The molecule has 0 saturated carbocycles. The van der Waals surface area contributed by atoms with E-state index in [0.29, 0.717) is 18.1 Å². The topological polar surface area (TPSA) is 50.8 Å². The highest BCUT2D eigenvalue weighted by Crippen LogP contribution is 2.34. The van der Waals surface area contributed by atoms with Crippen LogP contribution in [0.1, 0.15) is 12.5 Å². The minimum absolute atomic E-state index is 0.604. The molecule has 0 aromatic carbocycles. The minimum Gasteiger partial charge on any atom is -0.478 e. The smallest absolute Gasteiger partial charge is 0.215 e. The van der Waals surface area contributed by atoms with Gasteiger partial charge in [-0.25, -0.2) is 4.98 Å². The largest absolute Gasteiger partial charge is 0.478 e. The summed E-state index contributed by atoms with van der Waals surface area (Å²) in [7, 11) is 0. The zero-order valence-corrected chi connectivity index (χ0v) is 12.9. The van der Waals surface area contributed by atoms with Crippen LogP contribution in [0, 0.1) is 6.92 Å². The molecule has 0 radical (unpaired) electrons. The molecule has 3 aromatic rings. The molecule has 6 heteroatoms. The van der Waals surface area contributed by atoms with Gasteiger partial charge in [-0.3, -0.25) is 0 Å².